The molecule has 0 bridgehead atoms. The number of azo groups is 1. The van der Waals surface area contributed by atoms with E-state index in [0.29, 0.717) is 33.8 Å². The van der Waals surface area contributed by atoms with Crippen LogP contribution in [0.4, 0.5) is 11.5 Å². The van der Waals surface area contributed by atoms with Crippen molar-refractivity contribution in [2.24, 2.45) is 10.2 Å². The first-order valence-corrected chi connectivity index (χ1v) is 10.1. The molecule has 2 aliphatic heterocycles. The second-order valence-corrected chi connectivity index (χ2v) is 7.62. The van der Waals surface area contributed by atoms with Gasteiger partial charge in [0.2, 0.25) is 0 Å². The van der Waals surface area contributed by atoms with Crippen molar-refractivity contribution in [2.45, 2.75) is 5.60 Å². The van der Waals surface area contributed by atoms with Crippen molar-refractivity contribution in [3.8, 4) is 23.0 Å². The third-order valence-electron chi connectivity index (χ3n) is 5.70. The summed E-state index contributed by atoms with van der Waals surface area (Å²) in [5, 5.41) is 28.9. The number of hydrogen-bond donors (Lipinski definition) is 2. The zero-order chi connectivity index (χ0) is 22.6. The summed E-state index contributed by atoms with van der Waals surface area (Å²) in [6, 6.07) is 19.9. The normalized spacial score (nSPS) is 17.9. The lowest BCUT2D eigenvalue weighted by molar-refractivity contribution is 0.0224. The molecule has 0 saturated heterocycles. The van der Waals surface area contributed by atoms with E-state index in [1.807, 2.05) is 12.1 Å². The fourth-order valence-corrected chi connectivity index (χ4v) is 4.28. The largest absolute Gasteiger partial charge is 0.508 e. The maximum Gasteiger partial charge on any atom is 0.340 e. The molecule has 3 aromatic carbocycles. The van der Waals surface area contributed by atoms with Crippen LogP contribution in [0.25, 0.3) is 0 Å². The van der Waals surface area contributed by atoms with E-state index in [1.54, 1.807) is 48.7 Å². The number of fused-ring (bicyclic) bond motifs is 6. The van der Waals surface area contributed by atoms with E-state index in [9.17, 15) is 15.0 Å². The van der Waals surface area contributed by atoms with Crippen LogP contribution in [-0.4, -0.2) is 21.2 Å². The summed E-state index contributed by atoms with van der Waals surface area (Å²) in [6.07, 6.45) is 1.59. The lowest BCUT2D eigenvalue weighted by Crippen LogP contribution is -2.32. The Morgan fingerprint density at radius 2 is 1.64 bits per heavy atom. The molecule has 1 aromatic heterocycles. The topological polar surface area (TPSA) is 114 Å². The lowest BCUT2D eigenvalue weighted by atomic mass is 9.77. The van der Waals surface area contributed by atoms with Gasteiger partial charge in [-0.2, -0.15) is 0 Å². The Balaban J connectivity index is 1.60. The molecule has 6 rings (SSSR count). The summed E-state index contributed by atoms with van der Waals surface area (Å²) < 4.78 is 12.0. The third-order valence-corrected chi connectivity index (χ3v) is 5.70. The third kappa shape index (κ3) is 2.77. The molecule has 2 N–H and O–H groups in total. The summed E-state index contributed by atoms with van der Waals surface area (Å²) >= 11 is 0. The lowest BCUT2D eigenvalue weighted by Gasteiger charge is -2.36. The van der Waals surface area contributed by atoms with Crippen molar-refractivity contribution >= 4 is 17.5 Å². The number of carbonyl (C=O) groups excluding carboxylic acids is 1. The van der Waals surface area contributed by atoms with Crippen molar-refractivity contribution in [1.29, 1.82) is 0 Å². The van der Waals surface area contributed by atoms with Crippen LogP contribution in [0, 0.1) is 0 Å². The summed E-state index contributed by atoms with van der Waals surface area (Å²) in [6.45, 7) is 0. The number of esters is 1. The van der Waals surface area contributed by atoms with Crippen molar-refractivity contribution in [1.82, 2.24) is 4.98 Å². The van der Waals surface area contributed by atoms with Crippen LogP contribution >= 0.6 is 0 Å². The monoisotopic (exact) mass is 437 g/mol. The number of phenolic OH excluding ortho intramolecular Hbond substituents is 2. The first-order chi connectivity index (χ1) is 16.1. The number of phenols is 2. The molecular weight excluding hydrogens is 422 g/mol. The van der Waals surface area contributed by atoms with Crippen molar-refractivity contribution in [3.63, 3.8) is 0 Å². The van der Waals surface area contributed by atoms with Gasteiger partial charge in [-0.05, 0) is 36.4 Å². The molecule has 0 radical (unpaired) electrons. The van der Waals surface area contributed by atoms with Crippen molar-refractivity contribution in [2.75, 3.05) is 0 Å². The molecule has 3 heterocycles. The van der Waals surface area contributed by atoms with Crippen LogP contribution in [0.15, 0.2) is 89.2 Å². The quantitative estimate of drug-likeness (QED) is 0.317. The number of hydrogen-bond acceptors (Lipinski definition) is 8. The number of ether oxygens (including phenoxy) is 2. The fraction of sp³-hybridized carbons (Fsp3) is 0.0400. The highest BCUT2D eigenvalue weighted by molar-refractivity contribution is 5.97. The molecule has 4 aromatic rings. The van der Waals surface area contributed by atoms with Gasteiger partial charge in [0.1, 0.15) is 28.7 Å². The van der Waals surface area contributed by atoms with Crippen LogP contribution in [-0.2, 0) is 10.3 Å². The predicted molar refractivity (Wildman–Crippen MR) is 116 cm³/mol. The Hall–Kier alpha value is -4.72. The van der Waals surface area contributed by atoms with Gasteiger partial charge in [-0.1, -0.05) is 24.3 Å². The smallest absolute Gasteiger partial charge is 0.340 e. The Labute approximate surface area is 187 Å². The number of rotatable bonds is 2. The molecule has 33 heavy (non-hydrogen) atoms. The number of pyridine rings is 1. The molecule has 0 aliphatic carbocycles. The van der Waals surface area contributed by atoms with Gasteiger partial charge >= 0.3 is 5.97 Å². The van der Waals surface area contributed by atoms with Gasteiger partial charge in [-0.25, -0.2) is 9.78 Å². The number of nitrogens with zero attached hydrogens (tertiary/aromatic N) is 3. The van der Waals surface area contributed by atoms with Gasteiger partial charge in [0.15, 0.2) is 11.4 Å². The highest BCUT2D eigenvalue weighted by Gasteiger charge is 2.53. The molecule has 0 saturated carbocycles. The average Bonchev–Trinajstić information content (AvgIpc) is 3.12. The fourth-order valence-electron chi connectivity index (χ4n) is 4.28. The van der Waals surface area contributed by atoms with E-state index < -0.39 is 11.6 Å². The molecular formula is C25H15N3O5. The Bertz CT molecular complexity index is 1470. The highest BCUT2D eigenvalue weighted by Crippen LogP contribution is 2.58. The van der Waals surface area contributed by atoms with Crippen LogP contribution < -0.4 is 4.74 Å². The van der Waals surface area contributed by atoms with Gasteiger partial charge in [0.05, 0.1) is 11.1 Å². The minimum Gasteiger partial charge on any atom is -0.508 e. The molecule has 0 fully saturated rings. The molecule has 0 amide bonds. The molecule has 8 nitrogen and oxygen atoms in total. The average molecular weight is 437 g/mol. The van der Waals surface area contributed by atoms with E-state index in [2.05, 4.69) is 15.2 Å². The second-order valence-electron chi connectivity index (χ2n) is 7.62. The predicted octanol–water partition coefficient (Wildman–Crippen LogP) is 5.48. The molecule has 2 aliphatic rings. The van der Waals surface area contributed by atoms with Crippen molar-refractivity contribution in [3.05, 3.63) is 101 Å². The molecule has 8 heteroatoms. The summed E-state index contributed by atoms with van der Waals surface area (Å²) in [5.74, 6) is 0.294. The molecule has 1 atom stereocenters. The van der Waals surface area contributed by atoms with Crippen LogP contribution in [0.5, 0.6) is 23.0 Å². The second kappa shape index (κ2) is 6.89. The molecule has 1 unspecified atom stereocenters. The van der Waals surface area contributed by atoms with E-state index >= 15 is 0 Å². The number of aromatic hydroxyl groups is 2. The summed E-state index contributed by atoms with van der Waals surface area (Å²) in [5.41, 5.74) is 0.896. The van der Waals surface area contributed by atoms with E-state index in [0.717, 1.165) is 0 Å². The first-order valence-electron chi connectivity index (χ1n) is 10.1. The minimum absolute atomic E-state index is 0.00466. The molecule has 1 spiro atoms. The maximum absolute atomic E-state index is 12.9. The van der Waals surface area contributed by atoms with Crippen molar-refractivity contribution < 1.29 is 24.5 Å². The number of aromatic nitrogens is 1. The maximum atomic E-state index is 12.9. The van der Waals surface area contributed by atoms with Crippen LogP contribution in [0.1, 0.15) is 27.0 Å². The zero-order valence-corrected chi connectivity index (χ0v) is 17.0. The van der Waals surface area contributed by atoms with Gasteiger partial charge in [0, 0.05) is 29.5 Å². The minimum atomic E-state index is -1.34. The molecule has 160 valence electrons. The van der Waals surface area contributed by atoms with E-state index in [-0.39, 0.29) is 22.9 Å². The summed E-state index contributed by atoms with van der Waals surface area (Å²) in [7, 11) is 0. The number of benzene rings is 3. The van der Waals surface area contributed by atoms with E-state index in [4.69, 9.17) is 9.47 Å². The highest BCUT2D eigenvalue weighted by atomic mass is 16.6. The van der Waals surface area contributed by atoms with Gasteiger partial charge in [-0.15, -0.1) is 10.2 Å². The Morgan fingerprint density at radius 3 is 2.48 bits per heavy atom. The van der Waals surface area contributed by atoms with Gasteiger partial charge < -0.3 is 19.7 Å². The first kappa shape index (κ1) is 19.0. The van der Waals surface area contributed by atoms with Crippen LogP contribution in [0.2, 0.25) is 0 Å². The van der Waals surface area contributed by atoms with Crippen LogP contribution in [0.3, 0.4) is 0 Å². The SMILES string of the molecule is O=C1OC2(c3ccc(O)cc3Oc3cc(O)c(N=Nc4ccccn4)cc32)c2ccccc21. The standard InChI is InChI=1S/C25H15N3O5/c29-14-8-9-17-21(11-14)32-22-13-20(30)19(27-28-23-7-3-4-10-26-23)12-18(22)25(17)16-6-2-1-5-15(16)24(31)33-25/h1-13,29-30H. The Kier molecular flexibility index (Phi) is 3.97. The van der Waals surface area contributed by atoms with Gasteiger partial charge in [-0.3, -0.25) is 0 Å². The Morgan fingerprint density at radius 1 is 0.818 bits per heavy atom. The summed E-state index contributed by atoms with van der Waals surface area (Å²) in [4.78, 5) is 17.0. The van der Waals surface area contributed by atoms with E-state index in [1.165, 1.54) is 18.2 Å². The van der Waals surface area contributed by atoms with Gasteiger partial charge in [0.25, 0.3) is 0 Å². The number of carbonyl (C=O) groups is 1. The zero-order valence-electron chi connectivity index (χ0n) is 17.0.